The van der Waals surface area contributed by atoms with Crippen LogP contribution < -0.4 is 5.32 Å². The van der Waals surface area contributed by atoms with Gasteiger partial charge in [0.25, 0.3) is 0 Å². The Bertz CT molecular complexity index is 802. The second kappa shape index (κ2) is 6.81. The summed E-state index contributed by atoms with van der Waals surface area (Å²) in [5, 5.41) is 3.55. The van der Waals surface area contributed by atoms with Crippen molar-refractivity contribution in [3.8, 4) is 0 Å². The number of nitrogens with one attached hydrogen (secondary N) is 1. The van der Waals surface area contributed by atoms with E-state index in [0.717, 1.165) is 5.56 Å². The van der Waals surface area contributed by atoms with Crippen molar-refractivity contribution in [3.63, 3.8) is 0 Å². The molecular weight excluding hydrogens is 365 g/mol. The quantitative estimate of drug-likeness (QED) is 0.630. The average Bonchev–Trinajstić information content (AvgIpc) is 2.55. The number of carbonyl (C=O) groups is 3. The number of benzene rings is 1. The first-order valence-electron chi connectivity index (χ1n) is 7.93. The Morgan fingerprint density at radius 3 is 2.56 bits per heavy atom. The summed E-state index contributed by atoms with van der Waals surface area (Å²) in [6.07, 6.45) is 0.551. The van der Waals surface area contributed by atoms with Gasteiger partial charge >= 0.3 is 5.97 Å². The van der Waals surface area contributed by atoms with E-state index >= 15 is 0 Å². The third-order valence-electron chi connectivity index (χ3n) is 4.80. The summed E-state index contributed by atoms with van der Waals surface area (Å²) in [5.74, 6) is -2.56. The van der Waals surface area contributed by atoms with E-state index in [9.17, 15) is 14.4 Å². The molecule has 7 heteroatoms. The predicted molar refractivity (Wildman–Crippen MR) is 93.3 cm³/mol. The monoisotopic (exact) mass is 381 g/mol. The number of allylic oxidation sites excluding steroid dienone is 2. The van der Waals surface area contributed by atoms with Gasteiger partial charge in [-0.05, 0) is 30.0 Å². The Hall–Kier alpha value is -1.85. The largest absolute Gasteiger partial charge is 0.468 e. The van der Waals surface area contributed by atoms with Gasteiger partial charge in [-0.25, -0.2) is 0 Å². The molecule has 1 N–H and O–H groups in total. The summed E-state index contributed by atoms with van der Waals surface area (Å²) in [6.45, 7) is 1.80. The van der Waals surface area contributed by atoms with Gasteiger partial charge in [-0.3, -0.25) is 14.4 Å². The fraction of sp³-hybridized carbons (Fsp3) is 0.389. The molecule has 3 rings (SSSR count). The first-order valence-corrected chi connectivity index (χ1v) is 8.69. The summed E-state index contributed by atoms with van der Waals surface area (Å²) >= 11 is 12.1. The summed E-state index contributed by atoms with van der Waals surface area (Å²) in [4.78, 5) is 37.3. The highest BCUT2D eigenvalue weighted by molar-refractivity contribution is 6.42. The number of carbonyl (C=O) groups excluding carboxylic acids is 3. The van der Waals surface area contributed by atoms with Crippen LogP contribution in [0, 0.1) is 11.8 Å². The molecule has 0 bridgehead atoms. The van der Waals surface area contributed by atoms with Crippen LogP contribution >= 0.6 is 23.2 Å². The van der Waals surface area contributed by atoms with Crippen molar-refractivity contribution in [3.05, 3.63) is 45.1 Å². The highest BCUT2D eigenvalue weighted by atomic mass is 35.5. The zero-order valence-electron chi connectivity index (χ0n) is 13.8. The van der Waals surface area contributed by atoms with E-state index in [1.807, 2.05) is 0 Å². The van der Waals surface area contributed by atoms with E-state index in [-0.39, 0.29) is 24.0 Å². The molecule has 1 aliphatic carbocycles. The smallest absolute Gasteiger partial charge is 0.316 e. The van der Waals surface area contributed by atoms with Crippen LogP contribution in [0.1, 0.15) is 31.2 Å². The first kappa shape index (κ1) is 18.0. The maximum absolute atomic E-state index is 13.0. The van der Waals surface area contributed by atoms with E-state index < -0.39 is 17.8 Å². The number of ketones is 1. The van der Waals surface area contributed by atoms with Crippen molar-refractivity contribution >= 4 is 40.9 Å². The summed E-state index contributed by atoms with van der Waals surface area (Å²) in [5.41, 5.74) is 1.78. The van der Waals surface area contributed by atoms with E-state index in [2.05, 4.69) is 5.32 Å². The fourth-order valence-corrected chi connectivity index (χ4v) is 3.92. The lowest BCUT2D eigenvalue weighted by Crippen LogP contribution is -2.44. The summed E-state index contributed by atoms with van der Waals surface area (Å²) in [7, 11) is 1.27. The molecule has 25 heavy (non-hydrogen) atoms. The molecule has 5 nitrogen and oxygen atoms in total. The van der Waals surface area contributed by atoms with Crippen molar-refractivity contribution in [1.29, 1.82) is 0 Å². The van der Waals surface area contributed by atoms with Crippen molar-refractivity contribution in [1.82, 2.24) is 5.32 Å². The molecule has 1 aromatic rings. The van der Waals surface area contributed by atoms with Gasteiger partial charge in [0.15, 0.2) is 5.78 Å². The van der Waals surface area contributed by atoms with Crippen molar-refractivity contribution in [2.75, 3.05) is 7.11 Å². The third-order valence-corrected chi connectivity index (χ3v) is 5.54. The molecular formula is C18H17Cl2NO4. The SMILES string of the molecule is COC(=O)[C@@H]1C(=O)C2=C(C[C@H]1C)NC(=O)C[C@H]2c1ccc(Cl)c(Cl)c1. The highest BCUT2D eigenvalue weighted by Gasteiger charge is 2.45. The number of ether oxygens (including phenoxy) is 1. The molecule has 1 aromatic carbocycles. The molecule has 0 saturated carbocycles. The summed E-state index contributed by atoms with van der Waals surface area (Å²) in [6, 6.07) is 5.05. The van der Waals surface area contributed by atoms with Gasteiger partial charge in [0, 0.05) is 23.6 Å². The molecule has 3 atom stereocenters. The molecule has 0 fully saturated rings. The lowest BCUT2D eigenvalue weighted by atomic mass is 9.70. The molecule has 2 aliphatic rings. The number of esters is 1. The minimum Gasteiger partial charge on any atom is -0.468 e. The van der Waals surface area contributed by atoms with Crippen LogP contribution in [0.15, 0.2) is 29.5 Å². The number of methoxy groups -OCH3 is 1. The Kier molecular flexibility index (Phi) is 4.89. The van der Waals surface area contributed by atoms with Crippen molar-refractivity contribution in [2.45, 2.75) is 25.7 Å². The standard InChI is InChI=1S/C18H17Cl2NO4/c1-8-5-13-16(17(23)15(8)18(24)25-2)10(7-14(22)21-13)9-3-4-11(19)12(20)6-9/h3-4,6,8,10,15H,5,7H2,1-2H3,(H,21,22)/t8-,10+,15+/m1/s1. The van der Waals surface area contributed by atoms with Gasteiger partial charge in [-0.1, -0.05) is 36.2 Å². The summed E-state index contributed by atoms with van der Waals surface area (Å²) < 4.78 is 4.80. The van der Waals surface area contributed by atoms with Crippen LogP contribution in [-0.2, 0) is 19.1 Å². The maximum Gasteiger partial charge on any atom is 0.316 e. The second-order valence-corrected chi connectivity index (χ2v) is 7.23. The molecule has 1 aliphatic heterocycles. The van der Waals surface area contributed by atoms with Crippen LogP contribution in [0.2, 0.25) is 10.0 Å². The Morgan fingerprint density at radius 1 is 1.20 bits per heavy atom. The van der Waals surface area contributed by atoms with Crippen molar-refractivity contribution in [2.24, 2.45) is 11.8 Å². The normalized spacial score (nSPS) is 26.2. The number of rotatable bonds is 2. The van der Waals surface area contributed by atoms with Gasteiger partial charge in [0.1, 0.15) is 5.92 Å². The van der Waals surface area contributed by atoms with Crippen LogP contribution in [0.4, 0.5) is 0 Å². The number of hydrogen-bond acceptors (Lipinski definition) is 4. The van der Waals surface area contributed by atoms with Gasteiger partial charge in [-0.15, -0.1) is 0 Å². The third kappa shape index (κ3) is 3.18. The zero-order chi connectivity index (χ0) is 18.3. The molecule has 0 spiro atoms. The van der Waals surface area contributed by atoms with Crippen LogP contribution in [0.5, 0.6) is 0 Å². The molecule has 1 heterocycles. The van der Waals surface area contributed by atoms with Crippen LogP contribution in [0.3, 0.4) is 0 Å². The number of halogens is 2. The highest BCUT2D eigenvalue weighted by Crippen LogP contribution is 2.42. The Morgan fingerprint density at radius 2 is 1.92 bits per heavy atom. The second-order valence-electron chi connectivity index (χ2n) is 6.42. The van der Waals surface area contributed by atoms with E-state index in [4.69, 9.17) is 27.9 Å². The van der Waals surface area contributed by atoms with Gasteiger partial charge in [0.05, 0.1) is 17.2 Å². The van der Waals surface area contributed by atoms with Gasteiger partial charge < -0.3 is 10.1 Å². The van der Waals surface area contributed by atoms with Gasteiger partial charge in [0.2, 0.25) is 5.91 Å². The first-order chi connectivity index (χ1) is 11.8. The molecule has 1 amide bonds. The number of amides is 1. The van der Waals surface area contributed by atoms with Gasteiger partial charge in [-0.2, -0.15) is 0 Å². The lowest BCUT2D eigenvalue weighted by Gasteiger charge is -2.36. The van der Waals surface area contributed by atoms with Crippen LogP contribution in [-0.4, -0.2) is 24.8 Å². The van der Waals surface area contributed by atoms with Crippen molar-refractivity contribution < 1.29 is 19.1 Å². The molecule has 132 valence electrons. The fourth-order valence-electron chi connectivity index (χ4n) is 3.61. The van der Waals surface area contributed by atoms with E-state index in [0.29, 0.717) is 27.7 Å². The Labute approximate surface area is 155 Å². The topological polar surface area (TPSA) is 72.5 Å². The maximum atomic E-state index is 13.0. The zero-order valence-corrected chi connectivity index (χ0v) is 15.3. The molecule has 0 saturated heterocycles. The average molecular weight is 382 g/mol. The molecule has 0 radical (unpaired) electrons. The molecule has 0 unspecified atom stereocenters. The Balaban J connectivity index is 2.08. The van der Waals surface area contributed by atoms with Crippen LogP contribution in [0.25, 0.3) is 0 Å². The number of Topliss-reactive ketones (excluding diaryl/α,β-unsaturated/α-hetero) is 1. The van der Waals surface area contributed by atoms with E-state index in [1.54, 1.807) is 25.1 Å². The minimum atomic E-state index is -0.857. The minimum absolute atomic E-state index is 0.116. The molecule has 0 aromatic heterocycles. The van der Waals surface area contributed by atoms with E-state index in [1.165, 1.54) is 7.11 Å². The predicted octanol–water partition coefficient (Wildman–Crippen LogP) is 3.25. The number of hydrogen-bond donors (Lipinski definition) is 1. The lowest BCUT2D eigenvalue weighted by molar-refractivity contribution is -0.151.